The zero-order valence-corrected chi connectivity index (χ0v) is 8.59. The summed E-state index contributed by atoms with van der Waals surface area (Å²) in [5, 5.41) is 1.45. The number of aromatic nitrogens is 1. The molecule has 14 heavy (non-hydrogen) atoms. The molecule has 1 aromatic carbocycles. The maximum Gasteiger partial charge on any atom is 0.0515 e. The molecule has 3 rings (SSSR count). The first-order chi connectivity index (χ1) is 6.86. The fourth-order valence-corrected chi connectivity index (χ4v) is 2.59. The van der Waals surface area contributed by atoms with Gasteiger partial charge in [-0.05, 0) is 37.3 Å². The summed E-state index contributed by atoms with van der Waals surface area (Å²) < 4.78 is 2.44. The van der Waals surface area contributed by atoms with Gasteiger partial charge in [0.25, 0.3) is 0 Å². The zero-order chi connectivity index (χ0) is 9.54. The van der Waals surface area contributed by atoms with Crippen molar-refractivity contribution in [2.45, 2.75) is 32.7 Å². The predicted octanol–water partition coefficient (Wildman–Crippen LogP) is 3.29. The number of hydrogen-bond donors (Lipinski definition) is 0. The van der Waals surface area contributed by atoms with Crippen molar-refractivity contribution >= 4 is 10.9 Å². The minimum Gasteiger partial charge on any atom is -0.347 e. The van der Waals surface area contributed by atoms with Gasteiger partial charge in [-0.15, -0.1) is 0 Å². The summed E-state index contributed by atoms with van der Waals surface area (Å²) in [6.45, 7) is 3.41. The van der Waals surface area contributed by atoms with Crippen LogP contribution >= 0.6 is 0 Å². The maximum absolute atomic E-state index is 2.44. The third kappa shape index (κ3) is 1.02. The van der Waals surface area contributed by atoms with Gasteiger partial charge in [0, 0.05) is 18.1 Å². The van der Waals surface area contributed by atoms with Crippen LogP contribution in [0.2, 0.25) is 0 Å². The van der Waals surface area contributed by atoms with Crippen LogP contribution < -0.4 is 0 Å². The van der Waals surface area contributed by atoms with Crippen LogP contribution in [-0.4, -0.2) is 4.57 Å². The van der Waals surface area contributed by atoms with Crippen molar-refractivity contribution in [2.24, 2.45) is 0 Å². The Balaban J connectivity index is 2.42. The van der Waals surface area contributed by atoms with Crippen LogP contribution in [0.5, 0.6) is 0 Å². The molecule has 1 aromatic heterocycles. The lowest BCUT2D eigenvalue weighted by atomic mass is 10.1. The van der Waals surface area contributed by atoms with Gasteiger partial charge in [0.1, 0.15) is 0 Å². The van der Waals surface area contributed by atoms with E-state index in [0.29, 0.717) is 0 Å². The molecule has 0 N–H and O–H groups in total. The number of hydrogen-bond acceptors (Lipinski definition) is 0. The summed E-state index contributed by atoms with van der Waals surface area (Å²) in [7, 11) is 0. The monoisotopic (exact) mass is 185 g/mol. The molecular weight excluding hydrogens is 170 g/mol. The second-order valence-electron chi connectivity index (χ2n) is 4.28. The Morgan fingerprint density at radius 2 is 2.14 bits per heavy atom. The highest BCUT2D eigenvalue weighted by Crippen LogP contribution is 2.27. The molecule has 0 saturated carbocycles. The summed E-state index contributed by atoms with van der Waals surface area (Å²) in [6, 6.07) is 6.72. The molecule has 0 aliphatic carbocycles. The predicted molar refractivity (Wildman–Crippen MR) is 59.6 cm³/mol. The third-order valence-electron chi connectivity index (χ3n) is 3.28. The van der Waals surface area contributed by atoms with Crippen molar-refractivity contribution < 1.29 is 0 Å². The number of para-hydroxylation sites is 1. The average molecular weight is 185 g/mol. The molecule has 1 aliphatic rings. The second kappa shape index (κ2) is 2.88. The SMILES string of the molecule is Cc1cn2c3c(cccc13)CCCC2. The molecule has 0 spiro atoms. The molecule has 0 bridgehead atoms. The maximum atomic E-state index is 2.44. The first-order valence-electron chi connectivity index (χ1n) is 5.43. The Bertz CT molecular complexity index is 479. The molecule has 72 valence electrons. The van der Waals surface area contributed by atoms with E-state index in [0.717, 1.165) is 0 Å². The van der Waals surface area contributed by atoms with E-state index in [1.807, 2.05) is 0 Å². The fraction of sp³-hybridized carbons (Fsp3) is 0.385. The molecule has 0 fully saturated rings. The molecule has 0 unspecified atom stereocenters. The molecule has 2 aromatic rings. The van der Waals surface area contributed by atoms with Crippen molar-refractivity contribution in [3.63, 3.8) is 0 Å². The van der Waals surface area contributed by atoms with E-state index in [9.17, 15) is 0 Å². The highest BCUT2D eigenvalue weighted by molar-refractivity contribution is 5.86. The molecular formula is C13H15N. The Labute approximate surface area is 84.4 Å². The standard InChI is InChI=1S/C13H15N/c1-10-9-14-8-3-2-5-11-6-4-7-12(10)13(11)14/h4,6-7,9H,2-3,5,8H2,1H3. The van der Waals surface area contributed by atoms with Crippen molar-refractivity contribution in [3.8, 4) is 0 Å². The first kappa shape index (κ1) is 8.10. The number of rotatable bonds is 0. The van der Waals surface area contributed by atoms with Crippen LogP contribution in [0.15, 0.2) is 24.4 Å². The summed E-state index contributed by atoms with van der Waals surface area (Å²) in [5.74, 6) is 0. The van der Waals surface area contributed by atoms with Gasteiger partial charge in [-0.2, -0.15) is 0 Å². The number of nitrogens with zero attached hydrogens (tertiary/aromatic N) is 1. The lowest BCUT2D eigenvalue weighted by Gasteiger charge is -2.02. The summed E-state index contributed by atoms with van der Waals surface area (Å²) in [6.07, 6.45) is 6.21. The Hall–Kier alpha value is -1.24. The van der Waals surface area contributed by atoms with Gasteiger partial charge in [-0.25, -0.2) is 0 Å². The Morgan fingerprint density at radius 1 is 1.21 bits per heavy atom. The number of benzene rings is 1. The van der Waals surface area contributed by atoms with Crippen molar-refractivity contribution in [1.29, 1.82) is 0 Å². The van der Waals surface area contributed by atoms with Gasteiger partial charge in [-0.1, -0.05) is 18.2 Å². The van der Waals surface area contributed by atoms with Crippen LogP contribution in [0, 0.1) is 6.92 Å². The average Bonchev–Trinajstić information content (AvgIpc) is 2.41. The Kier molecular flexibility index (Phi) is 1.66. The first-order valence-corrected chi connectivity index (χ1v) is 5.43. The van der Waals surface area contributed by atoms with Crippen molar-refractivity contribution in [1.82, 2.24) is 4.57 Å². The van der Waals surface area contributed by atoms with Crippen molar-refractivity contribution in [2.75, 3.05) is 0 Å². The summed E-state index contributed by atoms with van der Waals surface area (Å²) in [4.78, 5) is 0. The zero-order valence-electron chi connectivity index (χ0n) is 8.59. The topological polar surface area (TPSA) is 4.93 Å². The lowest BCUT2D eigenvalue weighted by Crippen LogP contribution is -1.93. The second-order valence-corrected chi connectivity index (χ2v) is 4.28. The van der Waals surface area contributed by atoms with Crippen LogP contribution in [0.3, 0.4) is 0 Å². The minimum absolute atomic E-state index is 1.20. The van der Waals surface area contributed by atoms with Gasteiger partial charge in [-0.3, -0.25) is 0 Å². The molecule has 0 atom stereocenters. The largest absolute Gasteiger partial charge is 0.347 e. The highest BCUT2D eigenvalue weighted by Gasteiger charge is 2.12. The van der Waals surface area contributed by atoms with Crippen LogP contribution in [0.1, 0.15) is 24.0 Å². The Morgan fingerprint density at radius 3 is 3.07 bits per heavy atom. The van der Waals surface area contributed by atoms with E-state index in [1.54, 1.807) is 0 Å². The van der Waals surface area contributed by atoms with Gasteiger partial charge in [0.2, 0.25) is 0 Å². The molecule has 2 heterocycles. The molecule has 0 amide bonds. The smallest absolute Gasteiger partial charge is 0.0515 e. The van der Waals surface area contributed by atoms with E-state index in [1.165, 1.54) is 47.8 Å². The fourth-order valence-electron chi connectivity index (χ4n) is 2.59. The molecule has 0 radical (unpaired) electrons. The normalized spacial score (nSPS) is 15.8. The van der Waals surface area contributed by atoms with Crippen molar-refractivity contribution in [3.05, 3.63) is 35.5 Å². The van der Waals surface area contributed by atoms with Crippen LogP contribution in [-0.2, 0) is 13.0 Å². The summed E-state index contributed by atoms with van der Waals surface area (Å²) in [5.41, 5.74) is 4.44. The van der Waals surface area contributed by atoms with Crippen LogP contribution in [0.4, 0.5) is 0 Å². The van der Waals surface area contributed by atoms with Gasteiger partial charge < -0.3 is 4.57 Å². The highest BCUT2D eigenvalue weighted by atomic mass is 15.0. The number of aryl methyl sites for hydroxylation is 3. The van der Waals surface area contributed by atoms with E-state index in [4.69, 9.17) is 0 Å². The third-order valence-corrected chi connectivity index (χ3v) is 3.28. The van der Waals surface area contributed by atoms with Gasteiger partial charge in [0.05, 0.1) is 5.52 Å². The summed E-state index contributed by atoms with van der Waals surface area (Å²) >= 11 is 0. The van der Waals surface area contributed by atoms with E-state index in [2.05, 4.69) is 35.9 Å². The molecule has 1 aliphatic heterocycles. The minimum atomic E-state index is 1.20. The van der Waals surface area contributed by atoms with E-state index in [-0.39, 0.29) is 0 Å². The van der Waals surface area contributed by atoms with Gasteiger partial charge >= 0.3 is 0 Å². The van der Waals surface area contributed by atoms with E-state index >= 15 is 0 Å². The molecule has 1 nitrogen and oxygen atoms in total. The van der Waals surface area contributed by atoms with Gasteiger partial charge in [0.15, 0.2) is 0 Å². The van der Waals surface area contributed by atoms with E-state index < -0.39 is 0 Å². The lowest BCUT2D eigenvalue weighted by molar-refractivity contribution is 0.644. The molecule has 0 saturated heterocycles. The van der Waals surface area contributed by atoms with Crippen LogP contribution in [0.25, 0.3) is 10.9 Å². The molecule has 1 heteroatoms. The quantitative estimate of drug-likeness (QED) is 0.593.